The highest BCUT2D eigenvalue weighted by Gasteiger charge is 2.23. The molecule has 1 aromatic rings. The molecule has 0 aliphatic carbocycles. The standard InChI is InChI=1S/C16H23N3OS/c17-12-5-8-19(9-6-12)11-16(20)18-14-7-10-21-15-4-2-1-3-13(14)15/h1-4,12,14H,5-11,17H2,(H,18,20). The predicted octanol–water partition coefficient (Wildman–Crippen LogP) is 1.76. The number of likely N-dealkylation sites (tertiary alicyclic amines) is 1. The summed E-state index contributed by atoms with van der Waals surface area (Å²) in [6.07, 6.45) is 3.00. The van der Waals surface area contributed by atoms with Crippen LogP contribution in [0, 0.1) is 0 Å². The minimum atomic E-state index is 0.136. The number of piperidine rings is 1. The molecule has 1 fully saturated rings. The molecular formula is C16H23N3OS. The zero-order valence-electron chi connectivity index (χ0n) is 12.3. The molecule has 1 amide bonds. The van der Waals surface area contributed by atoms with Crippen molar-refractivity contribution >= 4 is 17.7 Å². The molecule has 0 radical (unpaired) electrons. The van der Waals surface area contributed by atoms with Crippen LogP contribution in [0.4, 0.5) is 0 Å². The van der Waals surface area contributed by atoms with Crippen LogP contribution in [-0.4, -0.2) is 42.2 Å². The van der Waals surface area contributed by atoms with E-state index in [-0.39, 0.29) is 11.9 Å². The van der Waals surface area contributed by atoms with Gasteiger partial charge in [-0.05, 0) is 30.9 Å². The lowest BCUT2D eigenvalue weighted by Crippen LogP contribution is -2.45. The number of rotatable bonds is 3. The van der Waals surface area contributed by atoms with Crippen LogP contribution in [0.3, 0.4) is 0 Å². The van der Waals surface area contributed by atoms with E-state index in [1.54, 1.807) is 0 Å². The minimum Gasteiger partial charge on any atom is -0.348 e. The largest absolute Gasteiger partial charge is 0.348 e. The Bertz CT molecular complexity index is 500. The molecule has 5 heteroatoms. The molecule has 1 unspecified atom stereocenters. The van der Waals surface area contributed by atoms with Crippen LogP contribution < -0.4 is 11.1 Å². The molecule has 1 atom stereocenters. The van der Waals surface area contributed by atoms with Gasteiger partial charge in [-0.25, -0.2) is 0 Å². The van der Waals surface area contributed by atoms with Crippen molar-refractivity contribution in [3.8, 4) is 0 Å². The van der Waals surface area contributed by atoms with E-state index in [1.165, 1.54) is 10.5 Å². The summed E-state index contributed by atoms with van der Waals surface area (Å²) in [6, 6.07) is 8.87. The molecule has 1 saturated heterocycles. The van der Waals surface area contributed by atoms with Crippen molar-refractivity contribution in [2.45, 2.75) is 36.2 Å². The Kier molecular flexibility index (Phi) is 4.83. The van der Waals surface area contributed by atoms with Crippen molar-refractivity contribution in [1.82, 2.24) is 10.2 Å². The lowest BCUT2D eigenvalue weighted by atomic mass is 10.0. The fraction of sp³-hybridized carbons (Fsp3) is 0.562. The van der Waals surface area contributed by atoms with E-state index in [2.05, 4.69) is 34.5 Å². The predicted molar refractivity (Wildman–Crippen MR) is 86.3 cm³/mol. The summed E-state index contributed by atoms with van der Waals surface area (Å²) in [5.41, 5.74) is 7.17. The molecule has 0 spiro atoms. The Balaban J connectivity index is 1.56. The number of benzene rings is 1. The summed E-state index contributed by atoms with van der Waals surface area (Å²) < 4.78 is 0. The highest BCUT2D eigenvalue weighted by atomic mass is 32.2. The maximum absolute atomic E-state index is 12.3. The number of carbonyl (C=O) groups is 1. The molecule has 0 aromatic heterocycles. The number of nitrogens with two attached hydrogens (primary N) is 1. The number of hydrogen-bond donors (Lipinski definition) is 2. The fourth-order valence-electron chi connectivity index (χ4n) is 3.05. The zero-order valence-corrected chi connectivity index (χ0v) is 13.1. The van der Waals surface area contributed by atoms with Gasteiger partial charge in [-0.2, -0.15) is 0 Å². The average Bonchev–Trinajstić information content (AvgIpc) is 2.50. The molecule has 1 aromatic carbocycles. The Morgan fingerprint density at radius 2 is 2.05 bits per heavy atom. The van der Waals surface area contributed by atoms with Crippen LogP contribution >= 0.6 is 11.8 Å². The molecule has 2 aliphatic rings. The number of nitrogens with zero attached hydrogens (tertiary/aromatic N) is 1. The van der Waals surface area contributed by atoms with Gasteiger partial charge in [-0.3, -0.25) is 9.69 Å². The van der Waals surface area contributed by atoms with Crippen molar-refractivity contribution in [1.29, 1.82) is 0 Å². The number of amides is 1. The van der Waals surface area contributed by atoms with Crippen LogP contribution in [0.5, 0.6) is 0 Å². The van der Waals surface area contributed by atoms with Crippen LogP contribution in [-0.2, 0) is 4.79 Å². The second-order valence-electron chi connectivity index (χ2n) is 5.91. The van der Waals surface area contributed by atoms with Gasteiger partial charge in [-0.15, -0.1) is 11.8 Å². The Labute approximate surface area is 130 Å². The quantitative estimate of drug-likeness (QED) is 0.893. The first-order valence-corrected chi connectivity index (χ1v) is 8.70. The molecule has 2 heterocycles. The van der Waals surface area contributed by atoms with Gasteiger partial charge in [0, 0.05) is 29.8 Å². The van der Waals surface area contributed by atoms with Crippen molar-refractivity contribution < 1.29 is 4.79 Å². The molecule has 2 aliphatic heterocycles. The third kappa shape index (κ3) is 3.78. The maximum atomic E-state index is 12.3. The number of carbonyl (C=O) groups excluding carboxylic acids is 1. The van der Waals surface area contributed by atoms with Gasteiger partial charge in [0.15, 0.2) is 0 Å². The van der Waals surface area contributed by atoms with Gasteiger partial charge in [0.2, 0.25) is 5.91 Å². The summed E-state index contributed by atoms with van der Waals surface area (Å²) >= 11 is 1.88. The van der Waals surface area contributed by atoms with E-state index in [0.29, 0.717) is 12.6 Å². The number of thioether (sulfide) groups is 1. The molecule has 4 nitrogen and oxygen atoms in total. The van der Waals surface area contributed by atoms with Crippen LogP contribution in [0.2, 0.25) is 0 Å². The second-order valence-corrected chi connectivity index (χ2v) is 7.05. The first kappa shape index (κ1) is 14.9. The molecule has 114 valence electrons. The number of hydrogen-bond acceptors (Lipinski definition) is 4. The molecule has 3 N–H and O–H groups in total. The number of nitrogens with one attached hydrogen (secondary N) is 1. The fourth-order valence-corrected chi connectivity index (χ4v) is 4.17. The summed E-state index contributed by atoms with van der Waals surface area (Å²) in [4.78, 5) is 15.8. The monoisotopic (exact) mass is 305 g/mol. The minimum absolute atomic E-state index is 0.136. The third-order valence-electron chi connectivity index (χ3n) is 4.29. The summed E-state index contributed by atoms with van der Waals surface area (Å²) in [5.74, 6) is 1.21. The Morgan fingerprint density at radius 1 is 1.29 bits per heavy atom. The normalized spacial score (nSPS) is 23.6. The highest BCUT2D eigenvalue weighted by molar-refractivity contribution is 7.99. The molecule has 0 saturated carbocycles. The zero-order chi connectivity index (χ0) is 14.7. The summed E-state index contributed by atoms with van der Waals surface area (Å²) in [6.45, 7) is 2.37. The van der Waals surface area contributed by atoms with E-state index < -0.39 is 0 Å². The van der Waals surface area contributed by atoms with Gasteiger partial charge in [0.1, 0.15) is 0 Å². The first-order valence-electron chi connectivity index (χ1n) is 7.71. The van der Waals surface area contributed by atoms with Crippen LogP contribution in [0.25, 0.3) is 0 Å². The summed E-state index contributed by atoms with van der Waals surface area (Å²) in [7, 11) is 0. The van der Waals surface area contributed by atoms with E-state index in [4.69, 9.17) is 5.73 Å². The average molecular weight is 305 g/mol. The molecule has 21 heavy (non-hydrogen) atoms. The van der Waals surface area contributed by atoms with Crippen molar-refractivity contribution in [3.05, 3.63) is 29.8 Å². The van der Waals surface area contributed by atoms with Gasteiger partial charge < -0.3 is 11.1 Å². The van der Waals surface area contributed by atoms with Gasteiger partial charge in [0.25, 0.3) is 0 Å². The van der Waals surface area contributed by atoms with E-state index in [9.17, 15) is 4.79 Å². The number of fused-ring (bicyclic) bond motifs is 1. The smallest absolute Gasteiger partial charge is 0.234 e. The molecule has 3 rings (SSSR count). The van der Waals surface area contributed by atoms with Crippen molar-refractivity contribution in [2.75, 3.05) is 25.4 Å². The molecule has 0 bridgehead atoms. The SMILES string of the molecule is NC1CCN(CC(=O)NC2CCSc3ccccc32)CC1. The lowest BCUT2D eigenvalue weighted by molar-refractivity contribution is -0.123. The van der Waals surface area contributed by atoms with Crippen LogP contribution in [0.15, 0.2) is 29.2 Å². The highest BCUT2D eigenvalue weighted by Crippen LogP contribution is 2.35. The molecular weight excluding hydrogens is 282 g/mol. The van der Waals surface area contributed by atoms with E-state index >= 15 is 0 Å². The second kappa shape index (κ2) is 6.81. The van der Waals surface area contributed by atoms with Gasteiger partial charge in [0.05, 0.1) is 12.6 Å². The van der Waals surface area contributed by atoms with E-state index in [1.807, 2.05) is 11.8 Å². The Hall–Kier alpha value is -1.04. The van der Waals surface area contributed by atoms with Gasteiger partial charge in [-0.1, -0.05) is 18.2 Å². The van der Waals surface area contributed by atoms with Crippen molar-refractivity contribution in [3.63, 3.8) is 0 Å². The third-order valence-corrected chi connectivity index (χ3v) is 5.42. The Morgan fingerprint density at radius 3 is 2.86 bits per heavy atom. The summed E-state index contributed by atoms with van der Waals surface area (Å²) in [5, 5.41) is 3.21. The first-order chi connectivity index (χ1) is 10.2. The van der Waals surface area contributed by atoms with Gasteiger partial charge >= 0.3 is 0 Å². The maximum Gasteiger partial charge on any atom is 0.234 e. The lowest BCUT2D eigenvalue weighted by Gasteiger charge is -2.31. The topological polar surface area (TPSA) is 58.4 Å². The van der Waals surface area contributed by atoms with Crippen LogP contribution in [0.1, 0.15) is 30.9 Å². The van der Waals surface area contributed by atoms with Crippen molar-refractivity contribution in [2.24, 2.45) is 5.73 Å². The van der Waals surface area contributed by atoms with E-state index in [0.717, 1.165) is 38.1 Å².